The molecule has 1 aromatic heterocycles. The van der Waals surface area contributed by atoms with E-state index >= 15 is 0 Å². The van der Waals surface area contributed by atoms with E-state index in [1.807, 2.05) is 4.57 Å². The van der Waals surface area contributed by atoms with Crippen LogP contribution in [0.5, 0.6) is 11.5 Å². The van der Waals surface area contributed by atoms with Gasteiger partial charge in [0.15, 0.2) is 0 Å². The lowest BCUT2D eigenvalue weighted by atomic mass is 10.1. The highest BCUT2D eigenvalue weighted by Crippen LogP contribution is 2.33. The van der Waals surface area contributed by atoms with Crippen LogP contribution in [-0.2, 0) is 17.8 Å². The monoisotopic (exact) mass is 375 g/mol. The van der Waals surface area contributed by atoms with Gasteiger partial charge in [0.1, 0.15) is 11.5 Å². The van der Waals surface area contributed by atoms with Gasteiger partial charge < -0.3 is 19.9 Å². The van der Waals surface area contributed by atoms with Crippen molar-refractivity contribution >= 4 is 32.8 Å². The Balaban J connectivity index is 2.14. The van der Waals surface area contributed by atoms with E-state index in [-0.39, 0.29) is 17.9 Å². The van der Waals surface area contributed by atoms with Crippen LogP contribution in [0.2, 0.25) is 0 Å². The zero-order valence-electron chi connectivity index (χ0n) is 12.0. The Kier molecular flexibility index (Phi) is 4.00. The van der Waals surface area contributed by atoms with E-state index in [4.69, 9.17) is 5.11 Å². The summed E-state index contributed by atoms with van der Waals surface area (Å²) in [6.45, 7) is 0.487. The molecule has 0 fully saturated rings. The van der Waals surface area contributed by atoms with E-state index in [2.05, 4.69) is 15.9 Å². The predicted octanol–water partition coefficient (Wildman–Crippen LogP) is 3.49. The molecule has 0 atom stereocenters. The number of carbonyl (C=O) groups is 1. The smallest absolute Gasteiger partial charge is 0.307 e. The van der Waals surface area contributed by atoms with Crippen LogP contribution in [0, 0.1) is 0 Å². The summed E-state index contributed by atoms with van der Waals surface area (Å²) in [6, 6.07) is 11.7. The molecule has 0 amide bonds. The molecule has 0 saturated heterocycles. The Morgan fingerprint density at radius 3 is 2.35 bits per heavy atom. The number of rotatable bonds is 4. The fourth-order valence-corrected chi connectivity index (χ4v) is 3.31. The van der Waals surface area contributed by atoms with E-state index in [9.17, 15) is 15.0 Å². The van der Waals surface area contributed by atoms with Gasteiger partial charge in [0.2, 0.25) is 0 Å². The van der Waals surface area contributed by atoms with Crippen LogP contribution in [-0.4, -0.2) is 25.9 Å². The van der Waals surface area contributed by atoms with Crippen molar-refractivity contribution in [2.45, 2.75) is 13.0 Å². The molecule has 1 heterocycles. The van der Waals surface area contributed by atoms with Crippen molar-refractivity contribution in [2.75, 3.05) is 0 Å². The number of nitrogens with zero attached hydrogens (tertiary/aromatic N) is 1. The molecule has 23 heavy (non-hydrogen) atoms. The lowest BCUT2D eigenvalue weighted by Crippen LogP contribution is -2.02. The molecule has 6 heteroatoms. The molecular weight excluding hydrogens is 362 g/mol. The molecule has 0 aliphatic rings. The molecule has 5 nitrogen and oxygen atoms in total. The molecule has 0 aliphatic carbocycles. The summed E-state index contributed by atoms with van der Waals surface area (Å²) < 4.78 is 2.58. The number of hydrogen-bond donors (Lipinski definition) is 3. The van der Waals surface area contributed by atoms with Gasteiger partial charge in [0.05, 0.1) is 16.5 Å². The molecule has 3 N–H and O–H groups in total. The van der Waals surface area contributed by atoms with Crippen LogP contribution in [0.25, 0.3) is 10.9 Å². The summed E-state index contributed by atoms with van der Waals surface area (Å²) in [6.07, 6.45) is -0.107. The molecular formula is C17H14BrNO4. The highest BCUT2D eigenvalue weighted by atomic mass is 79.9. The van der Waals surface area contributed by atoms with Gasteiger partial charge in [-0.25, -0.2) is 0 Å². The minimum atomic E-state index is -0.914. The molecule has 0 saturated carbocycles. The van der Waals surface area contributed by atoms with E-state index < -0.39 is 5.97 Å². The van der Waals surface area contributed by atoms with Gasteiger partial charge in [-0.2, -0.15) is 0 Å². The number of aromatic hydroxyl groups is 2. The quantitative estimate of drug-likeness (QED) is 0.651. The number of halogens is 1. The SMILES string of the molecule is O=C(O)Cc1c(Br)n(Cc2ccc(O)cc2)c2cc(O)ccc12. The second-order valence-electron chi connectivity index (χ2n) is 5.29. The minimum absolute atomic E-state index is 0.107. The second kappa shape index (κ2) is 5.96. The predicted molar refractivity (Wildman–Crippen MR) is 89.9 cm³/mol. The van der Waals surface area contributed by atoms with Crippen molar-refractivity contribution in [2.24, 2.45) is 0 Å². The van der Waals surface area contributed by atoms with Crippen molar-refractivity contribution in [3.63, 3.8) is 0 Å². The molecule has 3 rings (SSSR count). The third kappa shape index (κ3) is 3.03. The van der Waals surface area contributed by atoms with Crippen LogP contribution in [0.15, 0.2) is 47.1 Å². The third-order valence-electron chi connectivity index (χ3n) is 3.69. The first kappa shape index (κ1) is 15.4. The summed E-state index contributed by atoms with van der Waals surface area (Å²) >= 11 is 3.49. The maximum absolute atomic E-state index is 11.1. The summed E-state index contributed by atoms with van der Waals surface area (Å²) in [5.41, 5.74) is 2.37. The lowest BCUT2D eigenvalue weighted by molar-refractivity contribution is -0.136. The standard InChI is InChI=1S/C17H14BrNO4/c18-17-14(8-16(22)23)13-6-5-12(21)7-15(13)19(17)9-10-1-3-11(20)4-2-10/h1-7,20-21H,8-9H2,(H,22,23). The van der Waals surface area contributed by atoms with E-state index in [0.717, 1.165) is 16.5 Å². The fourth-order valence-electron chi connectivity index (χ4n) is 2.64. The average Bonchev–Trinajstić information content (AvgIpc) is 2.74. The van der Waals surface area contributed by atoms with Crippen molar-refractivity contribution in [1.82, 2.24) is 4.57 Å². The third-order valence-corrected chi connectivity index (χ3v) is 4.59. The van der Waals surface area contributed by atoms with Gasteiger partial charge in [0, 0.05) is 23.6 Å². The number of carboxylic acids is 1. The van der Waals surface area contributed by atoms with E-state index in [1.165, 1.54) is 0 Å². The first-order valence-electron chi connectivity index (χ1n) is 6.95. The number of phenolic OH excluding ortho intramolecular Hbond substituents is 2. The maximum atomic E-state index is 11.1. The molecule has 118 valence electrons. The number of phenols is 2. The van der Waals surface area contributed by atoms with Gasteiger partial charge in [-0.15, -0.1) is 0 Å². The van der Waals surface area contributed by atoms with Crippen molar-refractivity contribution in [3.8, 4) is 11.5 Å². The zero-order chi connectivity index (χ0) is 16.6. The van der Waals surface area contributed by atoms with E-state index in [1.54, 1.807) is 42.5 Å². The molecule has 0 aliphatic heterocycles. The maximum Gasteiger partial charge on any atom is 0.307 e. The van der Waals surface area contributed by atoms with Gasteiger partial charge in [-0.3, -0.25) is 4.79 Å². The number of benzene rings is 2. The zero-order valence-corrected chi connectivity index (χ0v) is 13.6. The van der Waals surface area contributed by atoms with Crippen molar-refractivity contribution < 1.29 is 20.1 Å². The van der Waals surface area contributed by atoms with Crippen LogP contribution >= 0.6 is 15.9 Å². The van der Waals surface area contributed by atoms with Gasteiger partial charge >= 0.3 is 5.97 Å². The first-order valence-corrected chi connectivity index (χ1v) is 7.74. The number of carboxylic acid groups (broad SMARTS) is 1. The molecule has 3 aromatic rings. The van der Waals surface area contributed by atoms with Gasteiger partial charge in [-0.1, -0.05) is 12.1 Å². The largest absolute Gasteiger partial charge is 0.508 e. The fraction of sp³-hybridized carbons (Fsp3) is 0.118. The van der Waals surface area contributed by atoms with Crippen LogP contribution in [0.4, 0.5) is 0 Å². The molecule has 2 aromatic carbocycles. The second-order valence-corrected chi connectivity index (χ2v) is 6.05. The summed E-state index contributed by atoms with van der Waals surface area (Å²) in [7, 11) is 0. The Labute approximate surface area is 140 Å². The first-order chi connectivity index (χ1) is 11.0. The Hall–Kier alpha value is -2.47. The number of fused-ring (bicyclic) bond motifs is 1. The summed E-state index contributed by atoms with van der Waals surface area (Å²) in [5, 5.41) is 29.1. The van der Waals surface area contributed by atoms with Crippen molar-refractivity contribution in [1.29, 1.82) is 0 Å². The van der Waals surface area contributed by atoms with Gasteiger partial charge in [0.25, 0.3) is 0 Å². The molecule has 0 spiro atoms. The summed E-state index contributed by atoms with van der Waals surface area (Å²) in [4.78, 5) is 11.1. The van der Waals surface area contributed by atoms with Crippen LogP contribution in [0.1, 0.15) is 11.1 Å². The van der Waals surface area contributed by atoms with Crippen LogP contribution < -0.4 is 0 Å². The van der Waals surface area contributed by atoms with Crippen LogP contribution in [0.3, 0.4) is 0 Å². The number of hydrogen-bond acceptors (Lipinski definition) is 3. The topological polar surface area (TPSA) is 82.7 Å². The number of aliphatic carboxylic acids is 1. The Morgan fingerprint density at radius 1 is 1.04 bits per heavy atom. The minimum Gasteiger partial charge on any atom is -0.508 e. The van der Waals surface area contributed by atoms with Gasteiger partial charge in [-0.05, 0) is 45.8 Å². The number of aromatic nitrogens is 1. The summed E-state index contributed by atoms with van der Waals surface area (Å²) in [5.74, 6) is -0.604. The molecule has 0 bridgehead atoms. The van der Waals surface area contributed by atoms with Crippen molar-refractivity contribution in [3.05, 3.63) is 58.2 Å². The normalized spacial score (nSPS) is 11.0. The highest BCUT2D eigenvalue weighted by Gasteiger charge is 2.18. The molecule has 0 radical (unpaired) electrons. The molecule has 0 unspecified atom stereocenters. The lowest BCUT2D eigenvalue weighted by Gasteiger charge is -2.08. The highest BCUT2D eigenvalue weighted by molar-refractivity contribution is 9.10. The van der Waals surface area contributed by atoms with E-state index in [0.29, 0.717) is 16.7 Å². The Bertz CT molecular complexity index is 884. The average molecular weight is 376 g/mol. The Morgan fingerprint density at radius 2 is 1.70 bits per heavy atom.